The number of carboxylic acid groups (broad SMARTS) is 2. The summed E-state index contributed by atoms with van der Waals surface area (Å²) < 4.78 is 5.49. The van der Waals surface area contributed by atoms with E-state index < -0.39 is 17.8 Å². The van der Waals surface area contributed by atoms with Crippen LogP contribution in [0, 0.1) is 13.8 Å². The molecule has 0 radical (unpaired) electrons. The van der Waals surface area contributed by atoms with Gasteiger partial charge in [0.2, 0.25) is 0 Å². The van der Waals surface area contributed by atoms with E-state index in [-0.39, 0.29) is 23.4 Å². The van der Waals surface area contributed by atoms with Crippen LogP contribution in [0.4, 0.5) is 5.69 Å². The van der Waals surface area contributed by atoms with Gasteiger partial charge in [0, 0.05) is 5.69 Å². The van der Waals surface area contributed by atoms with Crippen molar-refractivity contribution in [3.63, 3.8) is 0 Å². The van der Waals surface area contributed by atoms with Crippen LogP contribution in [0.5, 0.6) is 5.75 Å². The second-order valence-corrected chi connectivity index (χ2v) is 5.43. The number of hydrogen-bond donors (Lipinski definition) is 1. The van der Waals surface area contributed by atoms with E-state index in [4.69, 9.17) is 4.74 Å². The van der Waals surface area contributed by atoms with Crippen LogP contribution in [0.15, 0.2) is 36.4 Å². The molecule has 0 bridgehead atoms. The van der Waals surface area contributed by atoms with Gasteiger partial charge in [-0.2, -0.15) is 0 Å². The number of amides is 1. The molecule has 2 rings (SSSR count). The van der Waals surface area contributed by atoms with Crippen molar-refractivity contribution in [3.8, 4) is 5.75 Å². The van der Waals surface area contributed by atoms with Crippen molar-refractivity contribution in [2.24, 2.45) is 0 Å². The van der Waals surface area contributed by atoms with E-state index in [1.807, 2.05) is 32.0 Å². The van der Waals surface area contributed by atoms with Gasteiger partial charge in [0.25, 0.3) is 5.91 Å². The van der Waals surface area contributed by atoms with E-state index in [0.717, 1.165) is 29.3 Å². The van der Waals surface area contributed by atoms with Gasteiger partial charge >= 0.3 is 0 Å². The molecule has 0 unspecified atom stereocenters. The quantitative estimate of drug-likeness (QED) is 0.793. The molecule has 7 nitrogen and oxygen atoms in total. The Kier molecular flexibility index (Phi) is 5.38. The largest absolute Gasteiger partial charge is 0.545 e. The number of nitrogens with one attached hydrogen (secondary N) is 1. The SMILES string of the molecule is Cc1cccc(C)c1OCC(=O)Nc1cc(C(=O)[O-])cc(C(=O)[O-])c1. The number of benzene rings is 2. The van der Waals surface area contributed by atoms with E-state index in [2.05, 4.69) is 5.32 Å². The maximum absolute atomic E-state index is 12.0. The molecule has 2 aromatic carbocycles. The van der Waals surface area contributed by atoms with Crippen LogP contribution >= 0.6 is 0 Å². The number of carbonyl (C=O) groups is 3. The van der Waals surface area contributed by atoms with E-state index in [1.165, 1.54) is 0 Å². The molecule has 0 spiro atoms. The second-order valence-electron chi connectivity index (χ2n) is 5.43. The fourth-order valence-electron chi connectivity index (χ4n) is 2.30. The lowest BCUT2D eigenvalue weighted by molar-refractivity contribution is -0.255. The van der Waals surface area contributed by atoms with E-state index in [9.17, 15) is 24.6 Å². The van der Waals surface area contributed by atoms with Gasteiger partial charge in [-0.3, -0.25) is 4.79 Å². The molecule has 1 N–H and O–H groups in total. The average molecular weight is 341 g/mol. The molecule has 0 atom stereocenters. The minimum absolute atomic E-state index is 0.00370. The second kappa shape index (κ2) is 7.48. The third kappa shape index (κ3) is 4.57. The number of aryl methyl sites for hydroxylation is 2. The first kappa shape index (κ1) is 18.0. The fourth-order valence-corrected chi connectivity index (χ4v) is 2.30. The summed E-state index contributed by atoms with van der Waals surface area (Å²) in [4.78, 5) is 33.9. The van der Waals surface area contributed by atoms with Crippen LogP contribution in [0.25, 0.3) is 0 Å². The lowest BCUT2D eigenvalue weighted by Gasteiger charge is -2.14. The summed E-state index contributed by atoms with van der Waals surface area (Å²) in [6, 6.07) is 8.64. The van der Waals surface area contributed by atoms with Crippen molar-refractivity contribution in [2.45, 2.75) is 13.8 Å². The summed E-state index contributed by atoms with van der Waals surface area (Å²) in [5.41, 5.74) is 0.966. The zero-order valence-corrected chi connectivity index (χ0v) is 13.6. The number of anilines is 1. The smallest absolute Gasteiger partial charge is 0.262 e. The van der Waals surface area contributed by atoms with Gasteiger partial charge in [0.15, 0.2) is 6.61 Å². The Morgan fingerprint density at radius 1 is 0.960 bits per heavy atom. The van der Waals surface area contributed by atoms with Gasteiger partial charge in [-0.1, -0.05) is 18.2 Å². The Bertz CT molecular complexity index is 791. The van der Waals surface area contributed by atoms with E-state index in [1.54, 1.807) is 0 Å². The molecule has 0 saturated carbocycles. The van der Waals surface area contributed by atoms with Gasteiger partial charge in [0.05, 0.1) is 11.9 Å². The maximum atomic E-state index is 12.0. The van der Waals surface area contributed by atoms with Gasteiger partial charge in [-0.05, 0) is 54.3 Å². The first-order valence-corrected chi connectivity index (χ1v) is 7.34. The van der Waals surface area contributed by atoms with Gasteiger partial charge in [-0.25, -0.2) is 0 Å². The molecule has 0 fully saturated rings. The van der Waals surface area contributed by atoms with Crippen LogP contribution in [0.1, 0.15) is 31.8 Å². The molecule has 1 amide bonds. The van der Waals surface area contributed by atoms with Crippen LogP contribution in [-0.4, -0.2) is 24.5 Å². The van der Waals surface area contributed by atoms with Crippen molar-refractivity contribution < 1.29 is 29.3 Å². The number of hydrogen-bond acceptors (Lipinski definition) is 6. The number of carboxylic acids is 2. The predicted octanol–water partition coefficient (Wildman–Crippen LogP) is 0.0479. The monoisotopic (exact) mass is 341 g/mol. The highest BCUT2D eigenvalue weighted by Gasteiger charge is 2.09. The summed E-state index contributed by atoms with van der Waals surface area (Å²) in [5.74, 6) is -3.12. The Labute approximate surface area is 143 Å². The molecular weight excluding hydrogens is 326 g/mol. The summed E-state index contributed by atoms with van der Waals surface area (Å²) in [7, 11) is 0. The van der Waals surface area contributed by atoms with Gasteiger partial charge < -0.3 is 29.9 Å². The van der Waals surface area contributed by atoms with Crippen LogP contribution in [0.2, 0.25) is 0 Å². The Morgan fingerprint density at radius 3 is 1.96 bits per heavy atom. The lowest BCUT2D eigenvalue weighted by Crippen LogP contribution is -2.27. The normalized spacial score (nSPS) is 10.2. The van der Waals surface area contributed by atoms with Crippen LogP contribution < -0.4 is 20.3 Å². The highest BCUT2D eigenvalue weighted by atomic mass is 16.5. The van der Waals surface area contributed by atoms with Crippen LogP contribution in [-0.2, 0) is 4.79 Å². The number of para-hydroxylation sites is 1. The number of rotatable bonds is 6. The molecule has 0 heterocycles. The molecule has 2 aromatic rings. The van der Waals surface area contributed by atoms with Gasteiger partial charge in [-0.15, -0.1) is 0 Å². The first-order valence-electron chi connectivity index (χ1n) is 7.34. The fraction of sp³-hybridized carbons (Fsp3) is 0.167. The van der Waals surface area contributed by atoms with Crippen molar-refractivity contribution in [3.05, 3.63) is 58.7 Å². The third-order valence-corrected chi connectivity index (χ3v) is 3.44. The summed E-state index contributed by atoms with van der Waals surface area (Å²) in [6.07, 6.45) is 0. The zero-order valence-electron chi connectivity index (χ0n) is 13.6. The molecule has 130 valence electrons. The minimum Gasteiger partial charge on any atom is -0.545 e. The summed E-state index contributed by atoms with van der Waals surface area (Å²) in [6.45, 7) is 3.37. The Balaban J connectivity index is 2.12. The predicted molar refractivity (Wildman–Crippen MR) is 85.1 cm³/mol. The highest BCUT2D eigenvalue weighted by molar-refractivity contribution is 5.97. The molecule has 0 saturated heterocycles. The van der Waals surface area contributed by atoms with E-state index >= 15 is 0 Å². The van der Waals surface area contributed by atoms with Crippen molar-refractivity contribution in [2.75, 3.05) is 11.9 Å². The number of ether oxygens (including phenoxy) is 1. The highest BCUT2D eigenvalue weighted by Crippen LogP contribution is 2.22. The van der Waals surface area contributed by atoms with Crippen molar-refractivity contribution >= 4 is 23.5 Å². The molecule has 0 aliphatic carbocycles. The zero-order chi connectivity index (χ0) is 18.6. The maximum Gasteiger partial charge on any atom is 0.262 e. The van der Waals surface area contributed by atoms with Crippen LogP contribution in [0.3, 0.4) is 0 Å². The lowest BCUT2D eigenvalue weighted by atomic mass is 10.1. The van der Waals surface area contributed by atoms with E-state index in [0.29, 0.717) is 5.75 Å². The first-order chi connectivity index (χ1) is 11.8. The number of carbonyl (C=O) groups excluding carboxylic acids is 3. The van der Waals surface area contributed by atoms with Crippen molar-refractivity contribution in [1.82, 2.24) is 0 Å². The average Bonchev–Trinajstić information content (AvgIpc) is 2.54. The molecule has 0 aliphatic rings. The molecular formula is C18H15NO6-2. The van der Waals surface area contributed by atoms with Crippen molar-refractivity contribution in [1.29, 1.82) is 0 Å². The molecule has 25 heavy (non-hydrogen) atoms. The Hall–Kier alpha value is -3.35. The van der Waals surface area contributed by atoms with Gasteiger partial charge in [0.1, 0.15) is 5.75 Å². The standard InChI is InChI=1S/C18H17NO6/c1-10-4-3-5-11(2)16(10)25-9-15(20)19-14-7-12(17(21)22)6-13(8-14)18(23)24/h3-8H,9H2,1-2H3,(H,19,20)(H,21,22)(H,23,24)/p-2. The number of aromatic carboxylic acids is 2. The summed E-state index contributed by atoms with van der Waals surface area (Å²) >= 11 is 0. The topological polar surface area (TPSA) is 119 Å². The molecule has 0 aromatic heterocycles. The Morgan fingerprint density at radius 2 is 1.48 bits per heavy atom. The summed E-state index contributed by atoms with van der Waals surface area (Å²) in [5, 5.41) is 24.3. The molecule has 0 aliphatic heterocycles. The minimum atomic E-state index is -1.56. The third-order valence-electron chi connectivity index (χ3n) is 3.44. The molecule has 7 heteroatoms.